The normalized spacial score (nSPS) is 15.5. The molecular weight excluding hydrogens is 525 g/mol. The molecule has 0 fully saturated rings. The van der Waals surface area contributed by atoms with Crippen LogP contribution < -0.4 is 10.2 Å². The number of nitrogens with zero attached hydrogens (tertiary/aromatic N) is 4. The number of fused-ring (bicyclic) bond motifs is 1. The average molecular weight is 558 g/mol. The Morgan fingerprint density at radius 1 is 1.10 bits per heavy atom. The minimum absolute atomic E-state index is 0.157. The number of halogens is 1. The summed E-state index contributed by atoms with van der Waals surface area (Å²) in [5, 5.41) is 7.75. The zero-order chi connectivity index (χ0) is 28.4. The van der Waals surface area contributed by atoms with E-state index in [1.807, 2.05) is 43.3 Å². The van der Waals surface area contributed by atoms with Gasteiger partial charge in [0.1, 0.15) is 18.2 Å². The minimum Gasteiger partial charge on any atom is -0.350 e. The summed E-state index contributed by atoms with van der Waals surface area (Å²) in [6.45, 7) is 8.39. The predicted molar refractivity (Wildman–Crippen MR) is 156 cm³/mol. The van der Waals surface area contributed by atoms with Crippen molar-refractivity contribution in [2.75, 3.05) is 17.2 Å². The second-order valence-corrected chi connectivity index (χ2v) is 12.0. The number of thioether (sulfide) groups is 1. The van der Waals surface area contributed by atoms with Crippen LogP contribution in [-0.4, -0.2) is 38.9 Å². The van der Waals surface area contributed by atoms with E-state index in [1.54, 1.807) is 34.1 Å². The zero-order valence-corrected chi connectivity index (χ0v) is 23.8. The van der Waals surface area contributed by atoms with Crippen LogP contribution in [0.15, 0.2) is 73.1 Å². The number of carbonyl (C=O) groups excluding carboxylic acids is 2. The maximum absolute atomic E-state index is 13.9. The topological polar surface area (TPSA) is 80.1 Å². The maximum atomic E-state index is 13.9. The van der Waals surface area contributed by atoms with E-state index in [4.69, 9.17) is 5.10 Å². The number of amides is 2. The second kappa shape index (κ2) is 11.3. The van der Waals surface area contributed by atoms with Crippen LogP contribution >= 0.6 is 11.8 Å². The first-order valence-corrected chi connectivity index (χ1v) is 14.2. The molecule has 0 spiro atoms. The molecule has 0 aliphatic carbocycles. The van der Waals surface area contributed by atoms with Gasteiger partial charge in [-0.2, -0.15) is 5.10 Å². The van der Waals surface area contributed by atoms with E-state index in [9.17, 15) is 14.0 Å². The molecule has 0 radical (unpaired) electrons. The van der Waals surface area contributed by atoms with Crippen LogP contribution in [0.2, 0.25) is 0 Å². The Balaban J connectivity index is 1.66. The highest BCUT2D eigenvalue weighted by Gasteiger charge is 2.40. The molecule has 206 valence electrons. The summed E-state index contributed by atoms with van der Waals surface area (Å²) in [4.78, 5) is 32.7. The van der Waals surface area contributed by atoms with Crippen molar-refractivity contribution in [2.24, 2.45) is 0 Å². The van der Waals surface area contributed by atoms with E-state index in [-0.39, 0.29) is 40.6 Å². The van der Waals surface area contributed by atoms with E-state index in [1.165, 1.54) is 23.9 Å². The van der Waals surface area contributed by atoms with Gasteiger partial charge >= 0.3 is 0 Å². The minimum atomic E-state index is -0.377. The third-order valence-electron chi connectivity index (χ3n) is 6.83. The lowest BCUT2D eigenvalue weighted by atomic mass is 9.87. The molecule has 0 bridgehead atoms. The standard InChI is InChI=1S/C31H32FN5O2S/c1-20-8-5-6-10-24(20)37-30-27(29(35-37)31(2,3)4)28(22-11-13-23(32)14-12-22)40-19-26(39)36(30)18-25(38)34-17-21-9-7-15-33-16-21/h5-16,28H,17-19H2,1-4H3,(H,34,38)/t28-/m1/s1. The highest BCUT2D eigenvalue weighted by atomic mass is 32.2. The lowest BCUT2D eigenvalue weighted by Crippen LogP contribution is -2.42. The van der Waals surface area contributed by atoms with Gasteiger partial charge in [0.25, 0.3) is 0 Å². The predicted octanol–water partition coefficient (Wildman–Crippen LogP) is 5.50. The third kappa shape index (κ3) is 5.65. The fourth-order valence-electron chi connectivity index (χ4n) is 4.85. The number of anilines is 1. The summed E-state index contributed by atoms with van der Waals surface area (Å²) >= 11 is 1.47. The van der Waals surface area contributed by atoms with E-state index in [0.29, 0.717) is 12.4 Å². The van der Waals surface area contributed by atoms with Gasteiger partial charge in [-0.3, -0.25) is 19.5 Å². The molecule has 2 amide bonds. The Hall–Kier alpha value is -3.98. The molecule has 7 nitrogen and oxygen atoms in total. The summed E-state index contributed by atoms with van der Waals surface area (Å²) in [5.41, 5.74) is 4.85. The van der Waals surface area contributed by atoms with E-state index < -0.39 is 0 Å². The molecule has 5 rings (SSSR count). The van der Waals surface area contributed by atoms with Gasteiger partial charge in [0.2, 0.25) is 11.8 Å². The maximum Gasteiger partial charge on any atom is 0.240 e. The van der Waals surface area contributed by atoms with Gasteiger partial charge in [-0.15, -0.1) is 11.8 Å². The number of nitrogens with one attached hydrogen (secondary N) is 1. The summed E-state index contributed by atoms with van der Waals surface area (Å²) in [6, 6.07) is 17.9. The summed E-state index contributed by atoms with van der Waals surface area (Å²) in [7, 11) is 0. The van der Waals surface area contributed by atoms with Crippen molar-refractivity contribution in [1.29, 1.82) is 0 Å². The van der Waals surface area contributed by atoms with Crippen molar-refractivity contribution in [3.8, 4) is 5.69 Å². The van der Waals surface area contributed by atoms with Crippen LogP contribution in [0.25, 0.3) is 5.69 Å². The molecule has 2 aromatic heterocycles. The smallest absolute Gasteiger partial charge is 0.240 e. The number of carbonyl (C=O) groups is 2. The van der Waals surface area contributed by atoms with Gasteiger partial charge in [0, 0.05) is 29.9 Å². The number of rotatable bonds is 6. The van der Waals surface area contributed by atoms with Crippen molar-refractivity contribution in [3.05, 3.63) is 107 Å². The van der Waals surface area contributed by atoms with Crippen LogP contribution in [0, 0.1) is 12.7 Å². The Morgan fingerprint density at radius 3 is 2.52 bits per heavy atom. The van der Waals surface area contributed by atoms with Gasteiger partial charge in [0.15, 0.2) is 0 Å². The lowest BCUT2D eigenvalue weighted by Gasteiger charge is -2.25. The molecule has 0 saturated heterocycles. The lowest BCUT2D eigenvalue weighted by molar-refractivity contribution is -0.123. The molecule has 9 heteroatoms. The fourth-order valence-corrected chi connectivity index (χ4v) is 6.04. The Morgan fingerprint density at radius 2 is 1.85 bits per heavy atom. The van der Waals surface area contributed by atoms with Gasteiger partial charge in [0.05, 0.1) is 22.4 Å². The summed E-state index contributed by atoms with van der Waals surface area (Å²) < 4.78 is 15.7. The molecule has 4 aromatic rings. The molecule has 2 aromatic carbocycles. The molecule has 1 aliphatic rings. The van der Waals surface area contributed by atoms with Crippen molar-refractivity contribution in [2.45, 2.75) is 44.9 Å². The molecular formula is C31H32FN5O2S. The highest BCUT2D eigenvalue weighted by molar-refractivity contribution is 8.00. The largest absolute Gasteiger partial charge is 0.350 e. The number of aromatic nitrogens is 3. The SMILES string of the molecule is Cc1ccccc1-n1nc(C(C)(C)C)c2c1N(CC(=O)NCc1cccnc1)C(=O)CS[C@@H]2c1ccc(F)cc1. The molecule has 0 unspecified atom stereocenters. The number of benzene rings is 2. The van der Waals surface area contributed by atoms with Crippen molar-refractivity contribution in [3.63, 3.8) is 0 Å². The van der Waals surface area contributed by atoms with Crippen LogP contribution in [0.3, 0.4) is 0 Å². The highest BCUT2D eigenvalue weighted by Crippen LogP contribution is 2.48. The van der Waals surface area contributed by atoms with Crippen LogP contribution in [0.5, 0.6) is 0 Å². The van der Waals surface area contributed by atoms with Crippen molar-refractivity contribution in [1.82, 2.24) is 20.1 Å². The number of aryl methyl sites for hydroxylation is 1. The molecule has 1 aliphatic heterocycles. The first kappa shape index (κ1) is 27.6. The number of para-hydroxylation sites is 1. The van der Waals surface area contributed by atoms with Crippen LogP contribution in [0.4, 0.5) is 10.2 Å². The number of hydrogen-bond donors (Lipinski definition) is 1. The average Bonchev–Trinajstić information content (AvgIpc) is 3.26. The van der Waals surface area contributed by atoms with Gasteiger partial charge < -0.3 is 5.32 Å². The molecule has 0 saturated carbocycles. The monoisotopic (exact) mass is 557 g/mol. The van der Waals surface area contributed by atoms with Crippen LogP contribution in [0.1, 0.15) is 54.0 Å². The molecule has 1 N–H and O–H groups in total. The fraction of sp³-hybridized carbons (Fsp3) is 0.290. The summed E-state index contributed by atoms with van der Waals surface area (Å²) in [6.07, 6.45) is 3.37. The van der Waals surface area contributed by atoms with E-state index in [2.05, 4.69) is 31.1 Å². The Labute approximate surface area is 237 Å². The Bertz CT molecular complexity index is 1530. The van der Waals surface area contributed by atoms with Gasteiger partial charge in [-0.1, -0.05) is 57.2 Å². The van der Waals surface area contributed by atoms with Crippen molar-refractivity contribution < 1.29 is 14.0 Å². The number of hydrogen-bond acceptors (Lipinski definition) is 5. The summed E-state index contributed by atoms with van der Waals surface area (Å²) in [5.74, 6) is -0.0765. The van der Waals surface area contributed by atoms with Crippen LogP contribution in [-0.2, 0) is 21.5 Å². The molecule has 40 heavy (non-hydrogen) atoms. The van der Waals surface area contributed by atoms with E-state index in [0.717, 1.165) is 33.6 Å². The molecule has 3 heterocycles. The number of pyridine rings is 1. The Kier molecular flexibility index (Phi) is 7.76. The van der Waals surface area contributed by atoms with Gasteiger partial charge in [-0.05, 0) is 47.9 Å². The quantitative estimate of drug-likeness (QED) is 0.339. The van der Waals surface area contributed by atoms with Gasteiger partial charge in [-0.25, -0.2) is 9.07 Å². The first-order chi connectivity index (χ1) is 19.1. The van der Waals surface area contributed by atoms with Crippen molar-refractivity contribution >= 4 is 29.4 Å². The zero-order valence-electron chi connectivity index (χ0n) is 23.0. The molecule has 1 atom stereocenters. The second-order valence-electron chi connectivity index (χ2n) is 10.9. The van der Waals surface area contributed by atoms with E-state index >= 15 is 0 Å². The third-order valence-corrected chi connectivity index (χ3v) is 8.08. The first-order valence-electron chi connectivity index (χ1n) is 13.2.